The molecular weight excluding hydrogens is 298 g/mol. The van der Waals surface area contributed by atoms with E-state index in [4.69, 9.17) is 10.7 Å². The number of nitrogens with one attached hydrogen (secondary N) is 1. The highest BCUT2D eigenvalue weighted by molar-refractivity contribution is 8.13. The Kier molecular flexibility index (Phi) is 3.63. The van der Waals surface area contributed by atoms with Gasteiger partial charge in [-0.1, -0.05) is 6.07 Å². The summed E-state index contributed by atoms with van der Waals surface area (Å²) in [6.45, 7) is 7.08. The first-order valence-electron chi connectivity index (χ1n) is 6.43. The molecule has 1 saturated carbocycles. The minimum absolute atomic E-state index is 0.0378. The normalized spacial score (nSPS) is 16.9. The molecular formula is C14H18ClNO3S. The molecule has 1 N–H and O–H groups in total. The van der Waals surface area contributed by atoms with Crippen LogP contribution >= 0.6 is 10.7 Å². The second-order valence-electron chi connectivity index (χ2n) is 5.79. The molecule has 0 aromatic heterocycles. The molecule has 110 valence electrons. The van der Waals surface area contributed by atoms with Crippen LogP contribution in [-0.2, 0) is 9.05 Å². The first-order valence-corrected chi connectivity index (χ1v) is 8.74. The highest BCUT2D eigenvalue weighted by Crippen LogP contribution is 2.35. The number of carbonyl (C=O) groups is 1. The predicted octanol–water partition coefficient (Wildman–Crippen LogP) is 2.82. The van der Waals surface area contributed by atoms with Gasteiger partial charge in [0.15, 0.2) is 0 Å². The summed E-state index contributed by atoms with van der Waals surface area (Å²) >= 11 is 0. The summed E-state index contributed by atoms with van der Waals surface area (Å²) < 4.78 is 23.4. The summed E-state index contributed by atoms with van der Waals surface area (Å²) in [5, 5.41) is 2.95. The van der Waals surface area contributed by atoms with Crippen molar-refractivity contribution in [2.24, 2.45) is 0 Å². The van der Waals surface area contributed by atoms with Crippen LogP contribution in [0.25, 0.3) is 0 Å². The average Bonchev–Trinajstić information content (AvgIpc) is 2.91. The van der Waals surface area contributed by atoms with Gasteiger partial charge in [-0.05, 0) is 57.2 Å². The molecule has 0 unspecified atom stereocenters. The number of aryl methyl sites for hydroxylation is 2. The van der Waals surface area contributed by atoms with E-state index in [0.29, 0.717) is 16.7 Å². The smallest absolute Gasteiger partial charge is 0.261 e. The lowest BCUT2D eigenvalue weighted by atomic mass is 9.98. The van der Waals surface area contributed by atoms with E-state index in [2.05, 4.69) is 5.32 Å². The van der Waals surface area contributed by atoms with Gasteiger partial charge in [-0.15, -0.1) is 0 Å². The van der Waals surface area contributed by atoms with E-state index in [1.54, 1.807) is 26.8 Å². The number of hydrogen-bond donors (Lipinski definition) is 1. The quantitative estimate of drug-likeness (QED) is 0.872. The van der Waals surface area contributed by atoms with Gasteiger partial charge in [-0.25, -0.2) is 8.42 Å². The van der Waals surface area contributed by atoms with Gasteiger partial charge in [0.25, 0.3) is 15.0 Å². The van der Waals surface area contributed by atoms with Crippen molar-refractivity contribution in [3.8, 4) is 0 Å². The van der Waals surface area contributed by atoms with E-state index in [0.717, 1.165) is 18.4 Å². The Morgan fingerprint density at radius 1 is 1.25 bits per heavy atom. The van der Waals surface area contributed by atoms with Crippen LogP contribution in [0.5, 0.6) is 0 Å². The fraction of sp³-hybridized carbons (Fsp3) is 0.500. The van der Waals surface area contributed by atoms with Crippen molar-refractivity contribution in [2.45, 2.75) is 51.0 Å². The molecule has 1 aliphatic carbocycles. The summed E-state index contributed by atoms with van der Waals surface area (Å²) in [6.07, 6.45) is 1.90. The van der Waals surface area contributed by atoms with Crippen molar-refractivity contribution in [3.63, 3.8) is 0 Å². The molecule has 1 aromatic rings. The third-order valence-electron chi connectivity index (χ3n) is 3.79. The highest BCUT2D eigenvalue weighted by Gasteiger charge is 2.39. The second-order valence-corrected chi connectivity index (χ2v) is 8.29. The molecule has 0 saturated heterocycles. The lowest BCUT2D eigenvalue weighted by molar-refractivity contribution is 0.0934. The number of carbonyl (C=O) groups excluding carboxylic acids is 1. The molecule has 1 aromatic carbocycles. The standard InChI is InChI=1S/C14H18ClNO3S/c1-8-7-9(2)12(20(15,18)19)10(3)11(8)13(17)16-14(4)5-6-14/h7H,5-6H2,1-4H3,(H,16,17). The number of amides is 1. The molecule has 4 nitrogen and oxygen atoms in total. The van der Waals surface area contributed by atoms with Crippen LogP contribution in [0, 0.1) is 20.8 Å². The zero-order valence-electron chi connectivity index (χ0n) is 12.0. The van der Waals surface area contributed by atoms with E-state index in [1.807, 2.05) is 6.92 Å². The molecule has 0 heterocycles. The molecule has 20 heavy (non-hydrogen) atoms. The van der Waals surface area contributed by atoms with E-state index in [9.17, 15) is 13.2 Å². The lowest BCUT2D eigenvalue weighted by Crippen LogP contribution is -2.35. The van der Waals surface area contributed by atoms with Gasteiger partial charge in [0.2, 0.25) is 0 Å². The molecule has 0 aliphatic heterocycles. The number of halogens is 1. The Morgan fingerprint density at radius 3 is 2.25 bits per heavy atom. The van der Waals surface area contributed by atoms with Crippen molar-refractivity contribution in [1.82, 2.24) is 5.32 Å². The molecule has 0 bridgehead atoms. The van der Waals surface area contributed by atoms with Crippen molar-refractivity contribution >= 4 is 25.6 Å². The van der Waals surface area contributed by atoms with Gasteiger partial charge in [-0.2, -0.15) is 0 Å². The minimum atomic E-state index is -3.87. The van der Waals surface area contributed by atoms with Crippen molar-refractivity contribution in [1.29, 1.82) is 0 Å². The lowest BCUT2D eigenvalue weighted by Gasteiger charge is -2.17. The van der Waals surface area contributed by atoms with Gasteiger partial charge < -0.3 is 5.32 Å². The minimum Gasteiger partial charge on any atom is -0.347 e. The van der Waals surface area contributed by atoms with E-state index >= 15 is 0 Å². The molecule has 1 aliphatic rings. The summed E-state index contributed by atoms with van der Waals surface area (Å²) in [7, 11) is 1.61. The Bertz CT molecular complexity index is 691. The predicted molar refractivity (Wildman–Crippen MR) is 78.8 cm³/mol. The van der Waals surface area contributed by atoms with Crippen LogP contribution in [0.3, 0.4) is 0 Å². The third-order valence-corrected chi connectivity index (χ3v) is 5.37. The zero-order valence-corrected chi connectivity index (χ0v) is 13.6. The van der Waals surface area contributed by atoms with Crippen LogP contribution in [0.4, 0.5) is 0 Å². The molecule has 6 heteroatoms. The maximum absolute atomic E-state index is 12.4. The Hall–Kier alpha value is -1.07. The molecule has 1 fully saturated rings. The Labute approximate surface area is 123 Å². The first kappa shape index (κ1) is 15.3. The Morgan fingerprint density at radius 2 is 1.80 bits per heavy atom. The third kappa shape index (κ3) is 2.83. The van der Waals surface area contributed by atoms with Crippen molar-refractivity contribution in [3.05, 3.63) is 28.3 Å². The molecule has 0 spiro atoms. The first-order chi connectivity index (χ1) is 9.05. The van der Waals surface area contributed by atoms with Crippen LogP contribution in [0.15, 0.2) is 11.0 Å². The van der Waals surface area contributed by atoms with Crippen LogP contribution < -0.4 is 5.32 Å². The van der Waals surface area contributed by atoms with E-state index in [1.165, 1.54) is 0 Å². The monoisotopic (exact) mass is 315 g/mol. The maximum Gasteiger partial charge on any atom is 0.261 e. The summed E-state index contributed by atoms with van der Waals surface area (Å²) in [4.78, 5) is 12.4. The molecule has 0 radical (unpaired) electrons. The largest absolute Gasteiger partial charge is 0.347 e. The fourth-order valence-corrected chi connectivity index (χ4v) is 4.16. The maximum atomic E-state index is 12.4. The topological polar surface area (TPSA) is 63.2 Å². The summed E-state index contributed by atoms with van der Waals surface area (Å²) in [6, 6.07) is 1.69. The van der Waals surface area contributed by atoms with Gasteiger partial charge in [0.05, 0.1) is 4.90 Å². The summed E-state index contributed by atoms with van der Waals surface area (Å²) in [5.74, 6) is -0.235. The molecule has 1 amide bonds. The number of benzene rings is 1. The van der Waals surface area contributed by atoms with Gasteiger partial charge in [0.1, 0.15) is 0 Å². The van der Waals surface area contributed by atoms with Crippen LogP contribution in [0.1, 0.15) is 46.8 Å². The van der Waals surface area contributed by atoms with E-state index in [-0.39, 0.29) is 16.3 Å². The Balaban J connectivity index is 2.56. The second kappa shape index (κ2) is 4.74. The van der Waals surface area contributed by atoms with Gasteiger partial charge >= 0.3 is 0 Å². The molecule has 0 atom stereocenters. The van der Waals surface area contributed by atoms with Crippen molar-refractivity contribution < 1.29 is 13.2 Å². The SMILES string of the molecule is Cc1cc(C)c(S(=O)(=O)Cl)c(C)c1C(=O)NC1(C)CC1. The van der Waals surface area contributed by atoms with Gasteiger partial charge in [0, 0.05) is 21.8 Å². The van der Waals surface area contributed by atoms with Crippen molar-refractivity contribution in [2.75, 3.05) is 0 Å². The average molecular weight is 316 g/mol. The molecule has 2 rings (SSSR count). The highest BCUT2D eigenvalue weighted by atomic mass is 35.7. The van der Waals surface area contributed by atoms with Gasteiger partial charge in [-0.3, -0.25) is 4.79 Å². The zero-order chi connectivity index (χ0) is 15.3. The van der Waals surface area contributed by atoms with E-state index < -0.39 is 9.05 Å². The van der Waals surface area contributed by atoms with Crippen LogP contribution in [-0.4, -0.2) is 19.9 Å². The number of rotatable bonds is 3. The summed E-state index contributed by atoms with van der Waals surface area (Å²) in [5.41, 5.74) is 1.98. The fourth-order valence-electron chi connectivity index (χ4n) is 2.54. The van der Waals surface area contributed by atoms with Crippen LogP contribution in [0.2, 0.25) is 0 Å². The number of hydrogen-bond acceptors (Lipinski definition) is 3.